The molecule has 0 spiro atoms. The minimum atomic E-state index is -0.387. The highest BCUT2D eigenvalue weighted by molar-refractivity contribution is 6.42. The number of nitrogens with one attached hydrogen (secondary N) is 1. The van der Waals surface area contributed by atoms with Gasteiger partial charge in [-0.1, -0.05) is 35.3 Å². The Hall–Kier alpha value is -2.37. The fourth-order valence-corrected chi connectivity index (χ4v) is 3.92. The van der Waals surface area contributed by atoms with Crippen LogP contribution in [-0.4, -0.2) is 19.4 Å². The molecule has 5 rings (SSSR count). The summed E-state index contributed by atoms with van der Waals surface area (Å²) in [6.45, 7) is 0.382. The predicted octanol–water partition coefficient (Wildman–Crippen LogP) is 4.09. The molecule has 7 heteroatoms. The molecule has 0 saturated heterocycles. The van der Waals surface area contributed by atoms with Crippen molar-refractivity contribution in [1.82, 2.24) is 0 Å². The zero-order valence-electron chi connectivity index (χ0n) is 12.8. The van der Waals surface area contributed by atoms with Crippen LogP contribution in [0.1, 0.15) is 17.0 Å². The van der Waals surface area contributed by atoms with E-state index in [9.17, 15) is 4.79 Å². The van der Waals surface area contributed by atoms with Crippen LogP contribution in [0.15, 0.2) is 41.6 Å². The summed E-state index contributed by atoms with van der Waals surface area (Å²) in [5.74, 6) is 0.560. The van der Waals surface area contributed by atoms with Gasteiger partial charge in [0.2, 0.25) is 6.79 Å². The standard InChI is InChI=1S/C18H11Cl2NO4/c19-10-3-1-2-8(17(10)20)15-9-4-13-14(25-7-24-13)5-11(9)21-12-6-23-18(22)16(12)15/h1-5,15,21H,6-7H2. The van der Waals surface area contributed by atoms with Crippen LogP contribution >= 0.6 is 23.2 Å². The molecule has 0 fully saturated rings. The lowest BCUT2D eigenvalue weighted by atomic mass is 9.81. The molecule has 126 valence electrons. The molecule has 5 nitrogen and oxygen atoms in total. The molecule has 0 bridgehead atoms. The maximum Gasteiger partial charge on any atom is 0.337 e. The van der Waals surface area contributed by atoms with Gasteiger partial charge in [-0.25, -0.2) is 4.79 Å². The molecule has 1 N–H and O–H groups in total. The Labute approximate surface area is 153 Å². The van der Waals surface area contributed by atoms with Crippen LogP contribution in [0.25, 0.3) is 0 Å². The highest BCUT2D eigenvalue weighted by Gasteiger charge is 2.40. The van der Waals surface area contributed by atoms with Gasteiger partial charge in [-0.2, -0.15) is 0 Å². The monoisotopic (exact) mass is 375 g/mol. The topological polar surface area (TPSA) is 56.8 Å². The number of rotatable bonds is 1. The van der Waals surface area contributed by atoms with Gasteiger partial charge >= 0.3 is 5.97 Å². The molecule has 3 aliphatic heterocycles. The van der Waals surface area contributed by atoms with Crippen molar-refractivity contribution in [1.29, 1.82) is 0 Å². The Balaban J connectivity index is 1.77. The van der Waals surface area contributed by atoms with E-state index in [-0.39, 0.29) is 25.3 Å². The Morgan fingerprint density at radius 3 is 2.68 bits per heavy atom. The number of anilines is 1. The van der Waals surface area contributed by atoms with Crippen LogP contribution < -0.4 is 14.8 Å². The molecular weight excluding hydrogens is 365 g/mol. The van der Waals surface area contributed by atoms with Gasteiger partial charge in [0.25, 0.3) is 0 Å². The van der Waals surface area contributed by atoms with Crippen molar-refractivity contribution in [2.45, 2.75) is 5.92 Å². The lowest BCUT2D eigenvalue weighted by Gasteiger charge is -2.28. The normalized spacial score (nSPS) is 20.1. The van der Waals surface area contributed by atoms with E-state index in [1.165, 1.54) is 0 Å². The number of fused-ring (bicyclic) bond motifs is 2. The van der Waals surface area contributed by atoms with Crippen molar-refractivity contribution < 1.29 is 19.0 Å². The first kappa shape index (κ1) is 14.9. The number of benzene rings is 2. The van der Waals surface area contributed by atoms with Gasteiger partial charge in [0.05, 0.1) is 21.3 Å². The first-order valence-corrected chi connectivity index (χ1v) is 8.43. The Kier molecular flexibility index (Phi) is 3.17. The van der Waals surface area contributed by atoms with Crippen LogP contribution in [-0.2, 0) is 9.53 Å². The van der Waals surface area contributed by atoms with Crippen molar-refractivity contribution in [2.75, 3.05) is 18.7 Å². The van der Waals surface area contributed by atoms with E-state index in [0.29, 0.717) is 27.1 Å². The Morgan fingerprint density at radius 2 is 1.84 bits per heavy atom. The summed E-state index contributed by atoms with van der Waals surface area (Å²) < 4.78 is 16.2. The molecular formula is C18H11Cl2NO4. The van der Waals surface area contributed by atoms with Crippen LogP contribution in [0.3, 0.4) is 0 Å². The van der Waals surface area contributed by atoms with Crippen LogP contribution in [0.2, 0.25) is 10.0 Å². The summed E-state index contributed by atoms with van der Waals surface area (Å²) in [5, 5.41) is 4.14. The van der Waals surface area contributed by atoms with Crippen molar-refractivity contribution >= 4 is 34.9 Å². The third-order valence-corrected chi connectivity index (χ3v) is 5.45. The molecule has 3 heterocycles. The van der Waals surface area contributed by atoms with Crippen molar-refractivity contribution in [3.05, 3.63) is 62.8 Å². The number of cyclic esters (lactones) is 1. The average molecular weight is 376 g/mol. The molecule has 0 aromatic heterocycles. The summed E-state index contributed by atoms with van der Waals surface area (Å²) >= 11 is 12.7. The minimum Gasteiger partial charge on any atom is -0.456 e. The fraction of sp³-hybridized carbons (Fsp3) is 0.167. The van der Waals surface area contributed by atoms with Gasteiger partial charge in [-0.3, -0.25) is 0 Å². The molecule has 1 atom stereocenters. The van der Waals surface area contributed by atoms with E-state index in [2.05, 4.69) is 5.32 Å². The zero-order chi connectivity index (χ0) is 17.1. The first-order valence-electron chi connectivity index (χ1n) is 7.68. The van der Waals surface area contributed by atoms with Gasteiger partial charge in [0.1, 0.15) is 6.61 Å². The van der Waals surface area contributed by atoms with E-state index in [1.807, 2.05) is 24.3 Å². The average Bonchev–Trinajstić information content (AvgIpc) is 3.20. The van der Waals surface area contributed by atoms with Gasteiger partial charge in [0, 0.05) is 17.7 Å². The quantitative estimate of drug-likeness (QED) is 0.760. The third kappa shape index (κ3) is 2.12. The van der Waals surface area contributed by atoms with Gasteiger partial charge in [-0.15, -0.1) is 0 Å². The Morgan fingerprint density at radius 1 is 1.04 bits per heavy atom. The number of ether oxygens (including phenoxy) is 3. The molecule has 0 amide bonds. The SMILES string of the molecule is O=C1OCC2=C1C(c1cccc(Cl)c1Cl)c1cc3c(cc1N2)OCO3. The summed E-state index contributed by atoms with van der Waals surface area (Å²) in [6, 6.07) is 9.16. The summed E-state index contributed by atoms with van der Waals surface area (Å²) in [6.07, 6.45) is 0. The second kappa shape index (κ2) is 5.31. The summed E-state index contributed by atoms with van der Waals surface area (Å²) in [7, 11) is 0. The lowest BCUT2D eigenvalue weighted by molar-refractivity contribution is -0.136. The smallest absolute Gasteiger partial charge is 0.337 e. The molecule has 1 unspecified atom stereocenters. The number of esters is 1. The maximum atomic E-state index is 12.4. The number of carbonyl (C=O) groups excluding carboxylic acids is 1. The fourth-order valence-electron chi connectivity index (χ4n) is 3.50. The number of hydrogen-bond acceptors (Lipinski definition) is 5. The lowest BCUT2D eigenvalue weighted by Crippen LogP contribution is -2.20. The second-order valence-electron chi connectivity index (χ2n) is 5.96. The third-order valence-electron chi connectivity index (χ3n) is 4.62. The second-order valence-corrected chi connectivity index (χ2v) is 6.75. The van der Waals surface area contributed by atoms with Crippen LogP contribution in [0.4, 0.5) is 5.69 Å². The Bertz CT molecular complexity index is 970. The molecule has 3 aliphatic rings. The van der Waals surface area contributed by atoms with E-state index in [0.717, 1.165) is 22.5 Å². The van der Waals surface area contributed by atoms with Crippen molar-refractivity contribution in [3.8, 4) is 11.5 Å². The van der Waals surface area contributed by atoms with Gasteiger partial charge in [0.15, 0.2) is 11.5 Å². The summed E-state index contributed by atoms with van der Waals surface area (Å²) in [4.78, 5) is 12.4. The predicted molar refractivity (Wildman–Crippen MR) is 92.5 cm³/mol. The van der Waals surface area contributed by atoms with Gasteiger partial charge < -0.3 is 19.5 Å². The number of carbonyl (C=O) groups is 1. The maximum absolute atomic E-state index is 12.4. The van der Waals surface area contributed by atoms with E-state index in [1.54, 1.807) is 6.07 Å². The minimum absolute atomic E-state index is 0.177. The van der Waals surface area contributed by atoms with Gasteiger partial charge in [-0.05, 0) is 23.3 Å². The highest BCUT2D eigenvalue weighted by atomic mass is 35.5. The molecule has 0 radical (unpaired) electrons. The molecule has 0 aliphatic carbocycles. The molecule has 0 saturated carbocycles. The van der Waals surface area contributed by atoms with E-state index in [4.69, 9.17) is 37.4 Å². The van der Waals surface area contributed by atoms with Crippen molar-refractivity contribution in [2.24, 2.45) is 0 Å². The number of hydrogen-bond donors (Lipinski definition) is 1. The van der Waals surface area contributed by atoms with Crippen molar-refractivity contribution in [3.63, 3.8) is 0 Å². The molecule has 25 heavy (non-hydrogen) atoms. The highest BCUT2D eigenvalue weighted by Crippen LogP contribution is 2.50. The number of halogens is 2. The van der Waals surface area contributed by atoms with E-state index >= 15 is 0 Å². The van der Waals surface area contributed by atoms with E-state index < -0.39 is 0 Å². The molecule has 2 aromatic carbocycles. The van der Waals surface area contributed by atoms with Crippen LogP contribution in [0, 0.1) is 0 Å². The first-order chi connectivity index (χ1) is 12.1. The largest absolute Gasteiger partial charge is 0.456 e. The van der Waals surface area contributed by atoms with Crippen LogP contribution in [0.5, 0.6) is 11.5 Å². The molecule has 2 aromatic rings. The zero-order valence-corrected chi connectivity index (χ0v) is 14.3. The summed E-state index contributed by atoms with van der Waals surface area (Å²) in [5.41, 5.74) is 3.74.